The fourth-order valence-electron chi connectivity index (χ4n) is 12.0. The minimum atomic E-state index is 0.0836. The number of hydrogen-bond donors (Lipinski definition) is 0. The summed E-state index contributed by atoms with van der Waals surface area (Å²) in [5.41, 5.74) is 16.4. The second-order valence-electron chi connectivity index (χ2n) is 16.5. The number of rotatable bonds is 5. The molecule has 0 atom stereocenters. The zero-order valence-electron chi connectivity index (χ0n) is 30.3. The number of para-hydroxylation sites is 1. The Labute approximate surface area is 316 Å². The van der Waals surface area contributed by atoms with Crippen LogP contribution in [0, 0.1) is 23.7 Å². The van der Waals surface area contributed by atoms with Crippen molar-refractivity contribution < 1.29 is 4.42 Å². The third kappa shape index (κ3) is 4.34. The molecule has 0 radical (unpaired) electrons. The van der Waals surface area contributed by atoms with Crippen molar-refractivity contribution in [1.82, 2.24) is 0 Å². The molecular formula is C52H41NO. The van der Waals surface area contributed by atoms with Gasteiger partial charge in [0.15, 0.2) is 0 Å². The van der Waals surface area contributed by atoms with Crippen LogP contribution in [-0.4, -0.2) is 0 Å². The van der Waals surface area contributed by atoms with Gasteiger partial charge >= 0.3 is 0 Å². The highest BCUT2D eigenvalue weighted by molar-refractivity contribution is 6.13. The Hall–Kier alpha value is -5.86. The molecule has 0 amide bonds. The lowest BCUT2D eigenvalue weighted by molar-refractivity contribution is -0.0399. The highest BCUT2D eigenvalue weighted by Crippen LogP contribution is 2.70. The summed E-state index contributed by atoms with van der Waals surface area (Å²) in [6.07, 6.45) is 6.94. The van der Waals surface area contributed by atoms with Crippen molar-refractivity contribution in [2.45, 2.75) is 37.5 Å². The predicted molar refractivity (Wildman–Crippen MR) is 223 cm³/mol. The Morgan fingerprint density at radius 3 is 1.83 bits per heavy atom. The zero-order chi connectivity index (χ0) is 35.4. The monoisotopic (exact) mass is 695 g/mol. The number of anilines is 3. The fraction of sp³-hybridized carbons (Fsp3) is 0.192. The van der Waals surface area contributed by atoms with Crippen LogP contribution in [0.2, 0.25) is 0 Å². The molecule has 1 spiro atoms. The number of furan rings is 1. The van der Waals surface area contributed by atoms with Crippen LogP contribution in [0.25, 0.3) is 55.3 Å². The molecule has 260 valence electrons. The summed E-state index contributed by atoms with van der Waals surface area (Å²) < 4.78 is 6.48. The van der Waals surface area contributed by atoms with Crippen LogP contribution in [-0.2, 0) is 5.41 Å². The van der Waals surface area contributed by atoms with Gasteiger partial charge in [0.2, 0.25) is 0 Å². The van der Waals surface area contributed by atoms with E-state index < -0.39 is 0 Å². The minimum absolute atomic E-state index is 0.0836. The number of benzene rings is 7. The zero-order valence-corrected chi connectivity index (χ0v) is 30.3. The van der Waals surface area contributed by atoms with Crippen molar-refractivity contribution in [3.05, 3.63) is 175 Å². The maximum atomic E-state index is 6.48. The van der Waals surface area contributed by atoms with Crippen LogP contribution in [0.1, 0.15) is 43.2 Å². The summed E-state index contributed by atoms with van der Waals surface area (Å²) in [5.74, 6) is 3.21. The number of fused-ring (bicyclic) bond motifs is 6. The van der Waals surface area contributed by atoms with Gasteiger partial charge in [0.25, 0.3) is 0 Å². The first kappa shape index (κ1) is 30.6. The SMILES string of the molecule is c1ccc(-c2cccc(N(c3ccc4c(c3)-c3ccc(-c5ccccc5)cc3C43C4CC5CC(C4)CC3C5)c3cccc4oc5ccccc5c34)c2)cc1. The van der Waals surface area contributed by atoms with Gasteiger partial charge in [0, 0.05) is 22.2 Å². The van der Waals surface area contributed by atoms with E-state index >= 15 is 0 Å². The molecule has 2 heteroatoms. The number of hydrogen-bond acceptors (Lipinski definition) is 2. The summed E-state index contributed by atoms with van der Waals surface area (Å²) in [4.78, 5) is 2.48. The van der Waals surface area contributed by atoms with Crippen molar-refractivity contribution in [1.29, 1.82) is 0 Å². The Kier molecular flexibility index (Phi) is 6.55. The maximum absolute atomic E-state index is 6.48. The van der Waals surface area contributed by atoms with E-state index in [9.17, 15) is 0 Å². The maximum Gasteiger partial charge on any atom is 0.137 e. The van der Waals surface area contributed by atoms with Crippen LogP contribution >= 0.6 is 0 Å². The molecular weight excluding hydrogens is 655 g/mol. The van der Waals surface area contributed by atoms with Gasteiger partial charge in [-0.1, -0.05) is 115 Å². The van der Waals surface area contributed by atoms with Crippen LogP contribution in [0.3, 0.4) is 0 Å². The smallest absolute Gasteiger partial charge is 0.137 e. The molecule has 1 heterocycles. The average molecular weight is 696 g/mol. The van der Waals surface area contributed by atoms with Gasteiger partial charge < -0.3 is 9.32 Å². The topological polar surface area (TPSA) is 16.4 Å². The molecule has 5 aliphatic carbocycles. The molecule has 4 fully saturated rings. The van der Waals surface area contributed by atoms with Gasteiger partial charge in [-0.2, -0.15) is 0 Å². The van der Waals surface area contributed by atoms with Gasteiger partial charge in [0.05, 0.1) is 11.1 Å². The quantitative estimate of drug-likeness (QED) is 0.178. The Balaban J connectivity index is 1.10. The van der Waals surface area contributed by atoms with Crippen molar-refractivity contribution in [2.24, 2.45) is 23.7 Å². The lowest BCUT2D eigenvalue weighted by Gasteiger charge is -2.61. The van der Waals surface area contributed by atoms with E-state index in [1.165, 1.54) is 71.2 Å². The van der Waals surface area contributed by atoms with E-state index in [0.717, 1.165) is 45.1 Å². The summed E-state index contributed by atoms with van der Waals surface area (Å²) in [5, 5.41) is 2.28. The largest absolute Gasteiger partial charge is 0.456 e. The average Bonchev–Trinajstić information content (AvgIpc) is 3.74. The second-order valence-corrected chi connectivity index (χ2v) is 16.5. The Morgan fingerprint density at radius 1 is 0.444 bits per heavy atom. The third-order valence-corrected chi connectivity index (χ3v) is 13.8. The van der Waals surface area contributed by atoms with Crippen LogP contribution < -0.4 is 4.90 Å². The fourth-order valence-corrected chi connectivity index (χ4v) is 12.0. The van der Waals surface area contributed by atoms with Gasteiger partial charge in [0.1, 0.15) is 11.2 Å². The van der Waals surface area contributed by atoms with Gasteiger partial charge in [-0.05, 0) is 149 Å². The molecule has 4 bridgehead atoms. The van der Waals surface area contributed by atoms with E-state index in [1.54, 1.807) is 11.1 Å². The second kappa shape index (κ2) is 11.6. The molecule has 0 unspecified atom stereocenters. The molecule has 54 heavy (non-hydrogen) atoms. The first-order valence-corrected chi connectivity index (χ1v) is 19.9. The predicted octanol–water partition coefficient (Wildman–Crippen LogP) is 14.1. The lowest BCUT2D eigenvalue weighted by Crippen LogP contribution is -2.55. The Morgan fingerprint density at radius 2 is 1.07 bits per heavy atom. The standard InChI is InChI=1S/C52H41NO/c1-3-11-35(12-4-1)37-15-9-16-41(30-37)53(48-18-10-20-50-51(48)44-17-7-8-19-49(44)54-50)42-22-24-46-45(32-42)43-23-21-38(36-13-5-2-6-14-36)31-47(43)52(46)39-26-33-25-34(28-39)29-40(52)27-33/h1-24,30-34,39-40H,25-29H2. The molecule has 2 nitrogen and oxygen atoms in total. The molecule has 7 aromatic carbocycles. The van der Waals surface area contributed by atoms with Crippen molar-refractivity contribution in [3.63, 3.8) is 0 Å². The van der Waals surface area contributed by atoms with Crippen molar-refractivity contribution in [3.8, 4) is 33.4 Å². The third-order valence-electron chi connectivity index (χ3n) is 13.8. The highest BCUT2D eigenvalue weighted by Gasteiger charge is 2.61. The van der Waals surface area contributed by atoms with E-state index in [2.05, 4.69) is 169 Å². The molecule has 0 aliphatic heterocycles. The summed E-state index contributed by atoms with van der Waals surface area (Å²) in [6.45, 7) is 0. The van der Waals surface area contributed by atoms with Gasteiger partial charge in [-0.3, -0.25) is 0 Å². The molecule has 4 saturated carbocycles. The molecule has 13 rings (SSSR count). The minimum Gasteiger partial charge on any atom is -0.456 e. The molecule has 8 aromatic rings. The van der Waals surface area contributed by atoms with Gasteiger partial charge in [-0.15, -0.1) is 0 Å². The molecule has 0 saturated heterocycles. The van der Waals surface area contributed by atoms with E-state index in [1.807, 2.05) is 0 Å². The lowest BCUT2D eigenvalue weighted by atomic mass is 9.43. The first-order valence-electron chi connectivity index (χ1n) is 19.9. The normalized spacial score (nSPS) is 23.3. The van der Waals surface area contributed by atoms with Crippen molar-refractivity contribution in [2.75, 3.05) is 4.90 Å². The molecule has 5 aliphatic rings. The van der Waals surface area contributed by atoms with Crippen LogP contribution in [0.15, 0.2) is 168 Å². The van der Waals surface area contributed by atoms with E-state index in [-0.39, 0.29) is 5.41 Å². The van der Waals surface area contributed by atoms with E-state index in [4.69, 9.17) is 4.42 Å². The Bertz CT molecular complexity index is 2710. The summed E-state index contributed by atoms with van der Waals surface area (Å²) in [7, 11) is 0. The summed E-state index contributed by atoms with van der Waals surface area (Å²) >= 11 is 0. The van der Waals surface area contributed by atoms with Crippen LogP contribution in [0.4, 0.5) is 17.1 Å². The molecule has 0 N–H and O–H groups in total. The molecule has 1 aromatic heterocycles. The van der Waals surface area contributed by atoms with Gasteiger partial charge in [-0.25, -0.2) is 0 Å². The highest BCUT2D eigenvalue weighted by atomic mass is 16.3. The van der Waals surface area contributed by atoms with Crippen LogP contribution in [0.5, 0.6) is 0 Å². The first-order chi connectivity index (χ1) is 26.7. The van der Waals surface area contributed by atoms with E-state index in [0.29, 0.717) is 11.8 Å². The van der Waals surface area contributed by atoms with Crippen molar-refractivity contribution >= 4 is 39.0 Å². The summed E-state index contributed by atoms with van der Waals surface area (Å²) in [6, 6.07) is 60.8. The number of nitrogens with zero attached hydrogens (tertiary/aromatic N) is 1.